The normalized spacial score (nSPS) is 28.3. The third-order valence-corrected chi connectivity index (χ3v) is 3.57. The molecule has 0 aromatic rings. The van der Waals surface area contributed by atoms with Crippen LogP contribution >= 0.6 is 0 Å². The number of hydrogen-bond acceptors (Lipinski definition) is 1. The van der Waals surface area contributed by atoms with E-state index >= 15 is 0 Å². The highest BCUT2D eigenvalue weighted by Gasteiger charge is 2.34. The molecule has 1 nitrogen and oxygen atoms in total. The fraction of sp³-hybridized carbons (Fsp3) is 1.00. The molecule has 1 saturated carbocycles. The second kappa shape index (κ2) is 4.65. The standard InChI is InChI=1S/C13H27N/c1-10(2)9-11(3)14-12-7-6-8-13(12,4)5/h10-12,14H,6-9H2,1-5H3. The summed E-state index contributed by atoms with van der Waals surface area (Å²) in [5.74, 6) is 0.807. The Morgan fingerprint density at radius 3 is 2.36 bits per heavy atom. The van der Waals surface area contributed by atoms with Gasteiger partial charge in [-0.25, -0.2) is 0 Å². The van der Waals surface area contributed by atoms with Crippen molar-refractivity contribution >= 4 is 0 Å². The van der Waals surface area contributed by atoms with Gasteiger partial charge in [0.05, 0.1) is 0 Å². The van der Waals surface area contributed by atoms with Crippen LogP contribution in [0.4, 0.5) is 0 Å². The van der Waals surface area contributed by atoms with Crippen molar-refractivity contribution in [2.24, 2.45) is 11.3 Å². The Hall–Kier alpha value is -0.0400. The molecule has 0 heterocycles. The molecular weight excluding hydrogens is 170 g/mol. The molecule has 0 radical (unpaired) electrons. The van der Waals surface area contributed by atoms with Gasteiger partial charge in [-0.1, -0.05) is 34.1 Å². The number of nitrogens with one attached hydrogen (secondary N) is 1. The van der Waals surface area contributed by atoms with Crippen LogP contribution < -0.4 is 5.32 Å². The van der Waals surface area contributed by atoms with E-state index in [-0.39, 0.29) is 0 Å². The predicted molar refractivity (Wildman–Crippen MR) is 63.5 cm³/mol. The van der Waals surface area contributed by atoms with Gasteiger partial charge in [-0.15, -0.1) is 0 Å². The number of rotatable bonds is 4. The first-order valence-corrected chi connectivity index (χ1v) is 6.18. The molecule has 2 unspecified atom stereocenters. The quantitative estimate of drug-likeness (QED) is 0.726. The van der Waals surface area contributed by atoms with Crippen molar-refractivity contribution in [1.29, 1.82) is 0 Å². The van der Waals surface area contributed by atoms with Crippen molar-refractivity contribution in [2.45, 2.75) is 72.4 Å². The lowest BCUT2D eigenvalue weighted by atomic mass is 9.86. The molecule has 0 aromatic heterocycles. The van der Waals surface area contributed by atoms with Gasteiger partial charge in [0.25, 0.3) is 0 Å². The summed E-state index contributed by atoms with van der Waals surface area (Å²) >= 11 is 0. The van der Waals surface area contributed by atoms with Crippen LogP contribution in [0.15, 0.2) is 0 Å². The molecule has 2 atom stereocenters. The Morgan fingerprint density at radius 1 is 1.29 bits per heavy atom. The molecule has 0 spiro atoms. The van der Waals surface area contributed by atoms with E-state index in [0.717, 1.165) is 12.0 Å². The third-order valence-electron chi connectivity index (χ3n) is 3.57. The van der Waals surface area contributed by atoms with E-state index in [4.69, 9.17) is 0 Å². The predicted octanol–water partition coefficient (Wildman–Crippen LogP) is 3.59. The third kappa shape index (κ3) is 3.27. The first-order valence-electron chi connectivity index (χ1n) is 6.18. The molecule has 1 rings (SSSR count). The molecule has 0 aromatic carbocycles. The molecule has 84 valence electrons. The van der Waals surface area contributed by atoms with Crippen LogP contribution in [0.3, 0.4) is 0 Å². The molecule has 14 heavy (non-hydrogen) atoms. The highest BCUT2D eigenvalue weighted by molar-refractivity contribution is 4.91. The molecule has 0 bridgehead atoms. The summed E-state index contributed by atoms with van der Waals surface area (Å²) in [6, 6.07) is 1.42. The summed E-state index contributed by atoms with van der Waals surface area (Å²) in [6.45, 7) is 11.7. The van der Waals surface area contributed by atoms with E-state index in [9.17, 15) is 0 Å². The highest BCUT2D eigenvalue weighted by Crippen LogP contribution is 2.37. The van der Waals surface area contributed by atoms with E-state index in [1.807, 2.05) is 0 Å². The fourth-order valence-electron chi connectivity index (χ4n) is 2.75. The monoisotopic (exact) mass is 197 g/mol. The fourth-order valence-corrected chi connectivity index (χ4v) is 2.75. The van der Waals surface area contributed by atoms with Crippen molar-refractivity contribution in [2.75, 3.05) is 0 Å². The number of hydrogen-bond donors (Lipinski definition) is 1. The largest absolute Gasteiger partial charge is 0.311 e. The summed E-state index contributed by atoms with van der Waals surface area (Å²) in [7, 11) is 0. The van der Waals surface area contributed by atoms with Crippen LogP contribution in [0.25, 0.3) is 0 Å². The van der Waals surface area contributed by atoms with Crippen LogP contribution in [0.1, 0.15) is 60.3 Å². The molecule has 1 aliphatic carbocycles. The van der Waals surface area contributed by atoms with Gasteiger partial charge in [-0.2, -0.15) is 0 Å². The van der Waals surface area contributed by atoms with Crippen LogP contribution in [-0.2, 0) is 0 Å². The van der Waals surface area contributed by atoms with Crippen molar-refractivity contribution in [3.05, 3.63) is 0 Å². The topological polar surface area (TPSA) is 12.0 Å². The molecule has 0 amide bonds. The van der Waals surface area contributed by atoms with E-state index in [1.165, 1.54) is 25.7 Å². The van der Waals surface area contributed by atoms with Crippen LogP contribution in [0, 0.1) is 11.3 Å². The van der Waals surface area contributed by atoms with Gasteiger partial charge in [-0.3, -0.25) is 0 Å². The lowest BCUT2D eigenvalue weighted by molar-refractivity contribution is 0.254. The van der Waals surface area contributed by atoms with E-state index < -0.39 is 0 Å². The van der Waals surface area contributed by atoms with Gasteiger partial charge in [-0.05, 0) is 37.5 Å². The van der Waals surface area contributed by atoms with E-state index in [2.05, 4.69) is 39.9 Å². The average Bonchev–Trinajstić information content (AvgIpc) is 2.29. The van der Waals surface area contributed by atoms with E-state index in [0.29, 0.717) is 11.5 Å². The van der Waals surface area contributed by atoms with Crippen LogP contribution in [0.2, 0.25) is 0 Å². The zero-order valence-corrected chi connectivity index (χ0v) is 10.6. The summed E-state index contributed by atoms with van der Waals surface area (Å²) < 4.78 is 0. The summed E-state index contributed by atoms with van der Waals surface area (Å²) in [5.41, 5.74) is 0.519. The Bertz CT molecular complexity index is 172. The van der Waals surface area contributed by atoms with Gasteiger partial charge in [0, 0.05) is 12.1 Å². The zero-order valence-electron chi connectivity index (χ0n) is 10.6. The maximum atomic E-state index is 3.80. The maximum Gasteiger partial charge on any atom is 0.0121 e. The summed E-state index contributed by atoms with van der Waals surface area (Å²) in [6.07, 6.45) is 5.46. The lowest BCUT2D eigenvalue weighted by Crippen LogP contribution is -2.43. The van der Waals surface area contributed by atoms with Gasteiger partial charge in [0.1, 0.15) is 0 Å². The molecule has 0 aliphatic heterocycles. The second-order valence-electron chi connectivity index (χ2n) is 6.13. The summed E-state index contributed by atoms with van der Waals surface area (Å²) in [4.78, 5) is 0. The minimum Gasteiger partial charge on any atom is -0.311 e. The SMILES string of the molecule is CC(C)CC(C)NC1CCCC1(C)C. The molecular formula is C13H27N. The first kappa shape index (κ1) is 12.0. The zero-order chi connectivity index (χ0) is 10.8. The summed E-state index contributed by atoms with van der Waals surface area (Å²) in [5, 5.41) is 3.80. The minimum atomic E-state index is 0.519. The van der Waals surface area contributed by atoms with Gasteiger partial charge >= 0.3 is 0 Å². The highest BCUT2D eigenvalue weighted by atomic mass is 15.0. The minimum absolute atomic E-state index is 0.519. The first-order chi connectivity index (χ1) is 6.42. The van der Waals surface area contributed by atoms with Crippen molar-refractivity contribution in [3.63, 3.8) is 0 Å². The second-order valence-corrected chi connectivity index (χ2v) is 6.13. The molecule has 1 aliphatic rings. The van der Waals surface area contributed by atoms with Crippen molar-refractivity contribution < 1.29 is 0 Å². The Kier molecular flexibility index (Phi) is 4.00. The molecule has 1 fully saturated rings. The van der Waals surface area contributed by atoms with E-state index in [1.54, 1.807) is 0 Å². The maximum absolute atomic E-state index is 3.80. The molecule has 1 N–H and O–H groups in total. The Labute approximate surface area is 89.7 Å². The van der Waals surface area contributed by atoms with Crippen molar-refractivity contribution in [1.82, 2.24) is 5.32 Å². The van der Waals surface area contributed by atoms with Crippen LogP contribution in [-0.4, -0.2) is 12.1 Å². The van der Waals surface area contributed by atoms with Crippen LogP contribution in [0.5, 0.6) is 0 Å². The van der Waals surface area contributed by atoms with Crippen molar-refractivity contribution in [3.8, 4) is 0 Å². The Balaban J connectivity index is 2.36. The molecule has 1 heteroatoms. The Morgan fingerprint density at radius 2 is 1.93 bits per heavy atom. The van der Waals surface area contributed by atoms with Gasteiger partial charge < -0.3 is 5.32 Å². The average molecular weight is 197 g/mol. The van der Waals surface area contributed by atoms with Gasteiger partial charge in [0.2, 0.25) is 0 Å². The smallest absolute Gasteiger partial charge is 0.0121 e. The van der Waals surface area contributed by atoms with Gasteiger partial charge in [0.15, 0.2) is 0 Å². The molecule has 0 saturated heterocycles. The lowest BCUT2D eigenvalue weighted by Gasteiger charge is -2.31.